The average Bonchev–Trinajstić information content (AvgIpc) is 2.72. The van der Waals surface area contributed by atoms with Crippen molar-refractivity contribution in [3.05, 3.63) is 58.4 Å². The number of rotatable bonds is 6. The summed E-state index contributed by atoms with van der Waals surface area (Å²) < 4.78 is 24.1. The Morgan fingerprint density at radius 2 is 1.88 bits per heavy atom. The van der Waals surface area contributed by atoms with E-state index in [0.717, 1.165) is 5.56 Å². The molecule has 0 amide bonds. The van der Waals surface area contributed by atoms with Crippen LogP contribution in [0.4, 0.5) is 15.8 Å². The maximum atomic E-state index is 14.2. The molecule has 1 fully saturated rings. The third-order valence-electron chi connectivity index (χ3n) is 4.88. The van der Waals surface area contributed by atoms with Gasteiger partial charge in [0, 0.05) is 5.69 Å². The minimum absolute atomic E-state index is 0.0140. The topological polar surface area (TPSA) is 146 Å². The number of esters is 1. The fraction of sp³-hybridized carbons (Fsp3) is 0.333. The molecule has 3 rings (SSSR count). The highest BCUT2D eigenvalue weighted by molar-refractivity contribution is 6.33. The van der Waals surface area contributed by atoms with Gasteiger partial charge < -0.3 is 35.2 Å². The number of halogens is 2. The van der Waals surface area contributed by atoms with E-state index in [1.807, 2.05) is 0 Å². The Balaban J connectivity index is 1.78. The Hall–Kier alpha value is -2.76. The van der Waals surface area contributed by atoms with Crippen molar-refractivity contribution in [2.75, 3.05) is 5.32 Å². The maximum Gasteiger partial charge on any atom is 0.335 e. The number of aliphatic hydroxyl groups is 3. The fourth-order valence-corrected chi connectivity index (χ4v) is 3.43. The average molecular weight is 470 g/mol. The van der Waals surface area contributed by atoms with Crippen molar-refractivity contribution in [2.24, 2.45) is 0 Å². The number of para-hydroxylation sites is 1. The molecule has 2 aromatic carbocycles. The molecule has 1 aliphatic heterocycles. The third-order valence-corrected chi connectivity index (χ3v) is 5.19. The Bertz CT molecular complexity index is 999. The molecule has 0 aliphatic carbocycles. The summed E-state index contributed by atoms with van der Waals surface area (Å²) in [6, 6.07) is 9.16. The number of carboxylic acids is 1. The van der Waals surface area contributed by atoms with Gasteiger partial charge in [0.15, 0.2) is 6.10 Å². The van der Waals surface area contributed by atoms with E-state index in [-0.39, 0.29) is 17.1 Å². The van der Waals surface area contributed by atoms with Crippen molar-refractivity contribution in [1.82, 2.24) is 0 Å². The molecular weight excluding hydrogens is 449 g/mol. The third kappa shape index (κ3) is 5.17. The van der Waals surface area contributed by atoms with E-state index in [1.165, 1.54) is 18.2 Å². The molecule has 0 spiro atoms. The number of ether oxygens (including phenoxy) is 2. The van der Waals surface area contributed by atoms with Gasteiger partial charge in [-0.05, 0) is 30.7 Å². The van der Waals surface area contributed by atoms with E-state index in [1.54, 1.807) is 25.1 Å². The first-order chi connectivity index (χ1) is 15.1. The van der Waals surface area contributed by atoms with E-state index in [9.17, 15) is 29.3 Å². The van der Waals surface area contributed by atoms with Crippen LogP contribution in [0, 0.1) is 12.7 Å². The number of benzene rings is 2. The maximum absolute atomic E-state index is 14.2. The van der Waals surface area contributed by atoms with Crippen LogP contribution < -0.4 is 5.32 Å². The number of hydrogen-bond donors (Lipinski definition) is 5. The molecule has 5 N–H and O–H groups in total. The zero-order valence-electron chi connectivity index (χ0n) is 16.7. The van der Waals surface area contributed by atoms with E-state index in [0.29, 0.717) is 11.3 Å². The molecular formula is C21H21ClFNO8. The quantitative estimate of drug-likeness (QED) is 0.397. The second kappa shape index (κ2) is 9.80. The van der Waals surface area contributed by atoms with Gasteiger partial charge in [-0.1, -0.05) is 35.4 Å². The van der Waals surface area contributed by atoms with Crippen LogP contribution >= 0.6 is 11.6 Å². The standard InChI is InChI=1S/C21H21ClFNO8/c1-9-5-6-13(24-15-11(22)3-2-4-12(15)23)10(7-9)8-14(25)31-21-18(28)16(26)17(27)19(32-21)20(29)30/h2-7,16-19,21,24,26-28H,8H2,1H3,(H,29,30)/t16-,17-,18+,19-,21+/m1/s1. The van der Waals surface area contributed by atoms with Crippen molar-refractivity contribution in [2.45, 2.75) is 44.1 Å². The van der Waals surface area contributed by atoms with E-state index < -0.39 is 48.5 Å². The summed E-state index contributed by atoms with van der Waals surface area (Å²) in [5.41, 5.74) is 1.56. The largest absolute Gasteiger partial charge is 0.479 e. The van der Waals surface area contributed by atoms with Crippen LogP contribution in [-0.2, 0) is 25.5 Å². The number of nitrogens with one attached hydrogen (secondary N) is 1. The Morgan fingerprint density at radius 1 is 1.16 bits per heavy atom. The first kappa shape index (κ1) is 23.9. The predicted octanol–water partition coefficient (Wildman–Crippen LogP) is 1.51. The zero-order valence-corrected chi connectivity index (χ0v) is 17.5. The number of carbonyl (C=O) groups is 2. The normalized spacial score (nSPS) is 25.2. The fourth-order valence-electron chi connectivity index (χ4n) is 3.22. The Labute approximate surface area is 187 Å². The van der Waals surface area contributed by atoms with Crippen LogP contribution in [0.2, 0.25) is 5.02 Å². The van der Waals surface area contributed by atoms with Crippen LogP contribution in [0.1, 0.15) is 11.1 Å². The molecule has 0 radical (unpaired) electrons. The van der Waals surface area contributed by atoms with E-state index >= 15 is 0 Å². The van der Waals surface area contributed by atoms with Gasteiger partial charge in [0.25, 0.3) is 0 Å². The highest BCUT2D eigenvalue weighted by atomic mass is 35.5. The minimum Gasteiger partial charge on any atom is -0.479 e. The molecule has 32 heavy (non-hydrogen) atoms. The van der Waals surface area contributed by atoms with Gasteiger partial charge in [0.05, 0.1) is 17.1 Å². The van der Waals surface area contributed by atoms with Gasteiger partial charge in [-0.15, -0.1) is 0 Å². The summed E-state index contributed by atoms with van der Waals surface area (Å²) in [7, 11) is 0. The predicted molar refractivity (Wildman–Crippen MR) is 110 cm³/mol. The molecule has 1 saturated heterocycles. The number of aliphatic hydroxyl groups excluding tert-OH is 3. The van der Waals surface area contributed by atoms with Crippen molar-refractivity contribution in [1.29, 1.82) is 0 Å². The Morgan fingerprint density at radius 3 is 2.53 bits per heavy atom. The van der Waals surface area contributed by atoms with Gasteiger partial charge in [-0.3, -0.25) is 4.79 Å². The molecule has 0 bridgehead atoms. The molecule has 172 valence electrons. The monoisotopic (exact) mass is 469 g/mol. The minimum atomic E-state index is -1.91. The second-order valence-electron chi connectivity index (χ2n) is 7.28. The lowest BCUT2D eigenvalue weighted by atomic mass is 9.99. The van der Waals surface area contributed by atoms with Crippen molar-refractivity contribution >= 4 is 34.9 Å². The molecule has 1 aliphatic rings. The lowest BCUT2D eigenvalue weighted by molar-refractivity contribution is -0.286. The number of hydrogen-bond acceptors (Lipinski definition) is 8. The van der Waals surface area contributed by atoms with Gasteiger partial charge in [-0.2, -0.15) is 0 Å². The lowest BCUT2D eigenvalue weighted by Gasteiger charge is -2.37. The SMILES string of the molecule is Cc1ccc(Nc2c(F)cccc2Cl)c(CC(=O)O[C@H]2O[C@@H](C(=O)O)[C@H](O)[C@@H](O)[C@@H]2O)c1. The van der Waals surface area contributed by atoms with E-state index in [2.05, 4.69) is 5.32 Å². The zero-order chi connectivity index (χ0) is 23.6. The smallest absolute Gasteiger partial charge is 0.335 e. The van der Waals surface area contributed by atoms with Gasteiger partial charge in [0.1, 0.15) is 24.1 Å². The number of aryl methyl sites for hydroxylation is 1. The number of aliphatic carboxylic acids is 1. The second-order valence-corrected chi connectivity index (χ2v) is 7.69. The molecule has 1 heterocycles. The first-order valence-electron chi connectivity index (χ1n) is 9.51. The molecule has 9 nitrogen and oxygen atoms in total. The summed E-state index contributed by atoms with van der Waals surface area (Å²) in [6.45, 7) is 1.78. The molecule has 0 unspecified atom stereocenters. The summed E-state index contributed by atoms with van der Waals surface area (Å²) >= 11 is 6.05. The number of carbonyl (C=O) groups excluding carboxylic acids is 1. The summed E-state index contributed by atoms with van der Waals surface area (Å²) in [5, 5.41) is 41.6. The molecule has 2 aromatic rings. The lowest BCUT2D eigenvalue weighted by Crippen LogP contribution is -2.60. The summed E-state index contributed by atoms with van der Waals surface area (Å²) in [4.78, 5) is 23.7. The summed E-state index contributed by atoms with van der Waals surface area (Å²) in [5.74, 6) is -3.12. The van der Waals surface area contributed by atoms with Crippen LogP contribution in [0.5, 0.6) is 0 Å². The van der Waals surface area contributed by atoms with Crippen molar-refractivity contribution < 1.29 is 43.9 Å². The first-order valence-corrected chi connectivity index (χ1v) is 9.88. The molecule has 5 atom stereocenters. The number of anilines is 2. The van der Waals surface area contributed by atoms with Crippen LogP contribution in [0.15, 0.2) is 36.4 Å². The van der Waals surface area contributed by atoms with Crippen LogP contribution in [0.3, 0.4) is 0 Å². The highest BCUT2D eigenvalue weighted by Crippen LogP contribution is 2.31. The highest BCUT2D eigenvalue weighted by Gasteiger charge is 2.48. The number of carboxylic acid groups (broad SMARTS) is 1. The molecule has 0 saturated carbocycles. The van der Waals surface area contributed by atoms with Crippen molar-refractivity contribution in [3.8, 4) is 0 Å². The van der Waals surface area contributed by atoms with Crippen LogP contribution in [0.25, 0.3) is 0 Å². The molecule has 0 aromatic heterocycles. The van der Waals surface area contributed by atoms with Crippen LogP contribution in [-0.4, -0.2) is 63.1 Å². The van der Waals surface area contributed by atoms with Crippen molar-refractivity contribution in [3.63, 3.8) is 0 Å². The summed E-state index contributed by atoms with van der Waals surface area (Å²) in [6.07, 6.45) is -9.75. The van der Waals surface area contributed by atoms with Gasteiger partial charge in [0.2, 0.25) is 6.29 Å². The van der Waals surface area contributed by atoms with Gasteiger partial charge >= 0.3 is 11.9 Å². The van der Waals surface area contributed by atoms with Gasteiger partial charge in [-0.25, -0.2) is 9.18 Å². The van der Waals surface area contributed by atoms with E-state index in [4.69, 9.17) is 26.2 Å². The molecule has 11 heteroatoms. The Kier molecular flexibility index (Phi) is 7.32.